The van der Waals surface area contributed by atoms with E-state index >= 15 is 0 Å². The molecule has 0 rings (SSSR count). The summed E-state index contributed by atoms with van der Waals surface area (Å²) in [5.41, 5.74) is 4.15. The summed E-state index contributed by atoms with van der Waals surface area (Å²) in [4.78, 5) is 37.8. The van der Waals surface area contributed by atoms with Crippen LogP contribution in [-0.4, -0.2) is 53.0 Å². The first-order valence-electron chi connectivity index (χ1n) is 8.23. The van der Waals surface area contributed by atoms with Crippen molar-refractivity contribution >= 4 is 24.1 Å². The van der Waals surface area contributed by atoms with E-state index in [0.717, 1.165) is 0 Å². The molecule has 0 heterocycles. The van der Waals surface area contributed by atoms with Crippen LogP contribution in [0.3, 0.4) is 0 Å². The molecule has 0 fully saturated rings. The Morgan fingerprint density at radius 2 is 1.62 bits per heavy atom. The monoisotopic (exact) mass is 374 g/mol. The predicted molar refractivity (Wildman–Crippen MR) is 95.9 cm³/mol. The summed E-state index contributed by atoms with van der Waals surface area (Å²) in [5.74, 6) is -1.31. The fourth-order valence-corrected chi connectivity index (χ4v) is 1.65. The zero-order valence-electron chi connectivity index (χ0n) is 16.2. The zero-order chi connectivity index (χ0) is 20.5. The van der Waals surface area contributed by atoms with Crippen LogP contribution in [0.4, 0.5) is 9.59 Å². The van der Waals surface area contributed by atoms with E-state index in [1.165, 1.54) is 0 Å². The maximum Gasteiger partial charge on any atom is 0.437 e. The first-order valence-corrected chi connectivity index (χ1v) is 8.23. The van der Waals surface area contributed by atoms with E-state index < -0.39 is 35.4 Å². The number of alkyl carbamates (subject to hydrolysis) is 1. The number of nitrogens with one attached hydrogen (secondary N) is 2. The molecule has 10 nitrogen and oxygen atoms in total. The van der Waals surface area contributed by atoms with Crippen LogP contribution in [0.2, 0.25) is 0 Å². The second-order valence-electron chi connectivity index (χ2n) is 7.58. The molecule has 150 valence electrons. The lowest BCUT2D eigenvalue weighted by atomic mass is 10.1. The summed E-state index contributed by atoms with van der Waals surface area (Å²) < 4.78 is 10.0. The van der Waals surface area contributed by atoms with E-state index in [1.807, 2.05) is 0 Å². The molecule has 5 N–H and O–H groups in total. The van der Waals surface area contributed by atoms with Gasteiger partial charge in [0.15, 0.2) is 5.96 Å². The van der Waals surface area contributed by atoms with Crippen LogP contribution in [0, 0.1) is 0 Å². The molecule has 1 atom stereocenters. The molecule has 0 aliphatic heterocycles. The van der Waals surface area contributed by atoms with Crippen molar-refractivity contribution in [3.63, 3.8) is 0 Å². The van der Waals surface area contributed by atoms with Gasteiger partial charge in [0.25, 0.3) is 0 Å². The number of carbonyl (C=O) groups is 3. The van der Waals surface area contributed by atoms with E-state index in [-0.39, 0.29) is 18.9 Å². The molecular weight excluding hydrogens is 344 g/mol. The number of rotatable bonds is 6. The van der Waals surface area contributed by atoms with Crippen LogP contribution in [0.25, 0.3) is 0 Å². The minimum absolute atomic E-state index is 0.133. The maximum atomic E-state index is 11.6. The first kappa shape index (κ1) is 23.5. The van der Waals surface area contributed by atoms with E-state index in [9.17, 15) is 14.4 Å². The Balaban J connectivity index is 4.34. The molecule has 2 amide bonds. The van der Waals surface area contributed by atoms with Gasteiger partial charge < -0.3 is 30.9 Å². The van der Waals surface area contributed by atoms with Crippen LogP contribution in [0.15, 0.2) is 4.99 Å². The number of nitrogens with zero attached hydrogens (tertiary/aromatic N) is 1. The van der Waals surface area contributed by atoms with Crippen LogP contribution in [0.1, 0.15) is 54.4 Å². The largest absolute Gasteiger partial charge is 0.480 e. The van der Waals surface area contributed by atoms with Gasteiger partial charge >= 0.3 is 18.2 Å². The minimum Gasteiger partial charge on any atom is -0.480 e. The van der Waals surface area contributed by atoms with Crippen molar-refractivity contribution in [1.82, 2.24) is 10.6 Å². The predicted octanol–water partition coefficient (Wildman–Crippen LogP) is 1.58. The molecular formula is C16H30N4O6. The smallest absolute Gasteiger partial charge is 0.437 e. The van der Waals surface area contributed by atoms with Gasteiger partial charge in [0.2, 0.25) is 0 Å². The van der Waals surface area contributed by atoms with Gasteiger partial charge in [-0.3, -0.25) is 0 Å². The molecule has 0 aromatic heterocycles. The fraction of sp³-hybridized carbons (Fsp3) is 0.750. The number of amides is 2. The van der Waals surface area contributed by atoms with Gasteiger partial charge in [-0.05, 0) is 54.4 Å². The van der Waals surface area contributed by atoms with Gasteiger partial charge in [-0.1, -0.05) is 0 Å². The first-order chi connectivity index (χ1) is 11.7. The van der Waals surface area contributed by atoms with Gasteiger partial charge in [0.05, 0.1) is 0 Å². The summed E-state index contributed by atoms with van der Waals surface area (Å²) in [5, 5.41) is 14.1. The van der Waals surface area contributed by atoms with E-state index in [2.05, 4.69) is 15.6 Å². The third-order valence-electron chi connectivity index (χ3n) is 2.57. The lowest BCUT2D eigenvalue weighted by molar-refractivity contribution is -0.139. The van der Waals surface area contributed by atoms with Gasteiger partial charge in [0.1, 0.15) is 17.2 Å². The van der Waals surface area contributed by atoms with E-state index in [0.29, 0.717) is 6.42 Å². The Labute approximate surface area is 153 Å². The molecule has 0 aromatic carbocycles. The molecule has 0 radical (unpaired) electrons. The number of hydrogen-bond acceptors (Lipinski definition) is 5. The van der Waals surface area contributed by atoms with Gasteiger partial charge in [-0.25, -0.2) is 14.4 Å². The van der Waals surface area contributed by atoms with Gasteiger partial charge in [0, 0.05) is 6.54 Å². The highest BCUT2D eigenvalue weighted by molar-refractivity contribution is 5.89. The number of aliphatic imine (C=N–C) groups is 1. The lowest BCUT2D eigenvalue weighted by Crippen LogP contribution is -2.44. The average molecular weight is 374 g/mol. The Bertz CT molecular complexity index is 534. The Kier molecular flexibility index (Phi) is 8.88. The third kappa shape index (κ3) is 12.8. The SMILES string of the molecule is CC(C)(C)OC(=O)N=C(N)NCCC[C@H](NC(=O)OC(C)(C)C)C(=O)O. The van der Waals surface area contributed by atoms with E-state index in [1.54, 1.807) is 41.5 Å². The summed E-state index contributed by atoms with van der Waals surface area (Å²) in [6, 6.07) is -1.10. The molecule has 10 heteroatoms. The number of carboxylic acids is 1. The quantitative estimate of drug-likeness (QED) is 0.310. The summed E-state index contributed by atoms with van der Waals surface area (Å²) in [6.45, 7) is 10.4. The zero-order valence-corrected chi connectivity index (χ0v) is 16.2. The Morgan fingerprint density at radius 3 is 2.08 bits per heavy atom. The fourth-order valence-electron chi connectivity index (χ4n) is 1.65. The van der Waals surface area contributed by atoms with Crippen molar-refractivity contribution in [2.75, 3.05) is 6.54 Å². The normalized spacial score (nSPS) is 13.5. The molecule has 0 spiro atoms. The van der Waals surface area contributed by atoms with Crippen LogP contribution < -0.4 is 16.4 Å². The number of guanidine groups is 1. The molecule has 0 aliphatic carbocycles. The van der Waals surface area contributed by atoms with Crippen LogP contribution >= 0.6 is 0 Å². The molecule has 26 heavy (non-hydrogen) atoms. The third-order valence-corrected chi connectivity index (χ3v) is 2.57. The number of ether oxygens (including phenoxy) is 2. The Hall–Kier alpha value is -2.52. The van der Waals surface area contributed by atoms with Gasteiger partial charge in [-0.2, -0.15) is 0 Å². The average Bonchev–Trinajstić information content (AvgIpc) is 2.37. The standard InChI is InChI=1S/C16H30N4O6/c1-15(2,3)25-13(23)19-10(11(21)22)8-7-9-18-12(17)20-14(24)26-16(4,5)6/h10H,7-9H2,1-6H3,(H,19,23)(H,21,22)(H3,17,18,20,24)/t10-/m0/s1. The minimum atomic E-state index is -1.17. The summed E-state index contributed by atoms with van der Waals surface area (Å²) in [7, 11) is 0. The summed E-state index contributed by atoms with van der Waals surface area (Å²) in [6.07, 6.45) is -1.13. The van der Waals surface area contributed by atoms with Crippen LogP contribution in [-0.2, 0) is 14.3 Å². The van der Waals surface area contributed by atoms with Crippen molar-refractivity contribution in [1.29, 1.82) is 0 Å². The highest BCUT2D eigenvalue weighted by Crippen LogP contribution is 2.08. The molecule has 0 aromatic rings. The van der Waals surface area contributed by atoms with Crippen molar-refractivity contribution < 1.29 is 29.0 Å². The molecule has 0 aliphatic rings. The molecule has 0 unspecified atom stereocenters. The highest BCUT2D eigenvalue weighted by atomic mass is 16.6. The lowest BCUT2D eigenvalue weighted by Gasteiger charge is -2.22. The second-order valence-corrected chi connectivity index (χ2v) is 7.58. The van der Waals surface area contributed by atoms with Crippen molar-refractivity contribution in [3.8, 4) is 0 Å². The summed E-state index contributed by atoms with van der Waals surface area (Å²) >= 11 is 0. The van der Waals surface area contributed by atoms with Crippen molar-refractivity contribution in [2.45, 2.75) is 71.6 Å². The number of aliphatic carboxylic acids is 1. The second kappa shape index (κ2) is 9.83. The Morgan fingerprint density at radius 1 is 1.08 bits per heavy atom. The highest BCUT2D eigenvalue weighted by Gasteiger charge is 2.23. The number of nitrogens with two attached hydrogens (primary N) is 1. The maximum absolute atomic E-state index is 11.6. The number of hydrogen-bond donors (Lipinski definition) is 4. The van der Waals surface area contributed by atoms with Crippen molar-refractivity contribution in [3.05, 3.63) is 0 Å². The molecule has 0 saturated heterocycles. The molecule has 0 saturated carbocycles. The van der Waals surface area contributed by atoms with Gasteiger partial charge in [-0.15, -0.1) is 4.99 Å². The topological polar surface area (TPSA) is 152 Å². The number of carboxylic acid groups (broad SMARTS) is 1. The number of carbonyl (C=O) groups excluding carboxylic acids is 2. The van der Waals surface area contributed by atoms with Crippen LogP contribution in [0.5, 0.6) is 0 Å². The van der Waals surface area contributed by atoms with E-state index in [4.69, 9.17) is 20.3 Å². The molecule has 0 bridgehead atoms. The van der Waals surface area contributed by atoms with Crippen molar-refractivity contribution in [2.24, 2.45) is 10.7 Å².